The number of likely N-dealkylation sites (tertiary alicyclic amines) is 1. The smallest absolute Gasteiger partial charge is 0.325 e. The van der Waals surface area contributed by atoms with Gasteiger partial charge < -0.3 is 14.5 Å². The van der Waals surface area contributed by atoms with E-state index in [2.05, 4.69) is 16.0 Å². The lowest BCUT2D eigenvalue weighted by molar-refractivity contribution is 0.00858. The minimum atomic E-state index is -0.0384. The molecule has 3 aliphatic heterocycles. The lowest BCUT2D eigenvalue weighted by Crippen LogP contribution is -2.74. The van der Waals surface area contributed by atoms with E-state index in [4.69, 9.17) is 21.6 Å². The van der Waals surface area contributed by atoms with Crippen molar-refractivity contribution in [2.24, 2.45) is 5.41 Å². The van der Waals surface area contributed by atoms with Gasteiger partial charge in [-0.25, -0.2) is 9.78 Å². The molecule has 2 saturated heterocycles. The highest BCUT2D eigenvalue weighted by Gasteiger charge is 2.54. The number of amides is 2. The highest BCUT2D eigenvalue weighted by Crippen LogP contribution is 2.43. The maximum Gasteiger partial charge on any atom is 0.325 e. The maximum absolute atomic E-state index is 13.2. The van der Waals surface area contributed by atoms with Gasteiger partial charge in [-0.15, -0.1) is 0 Å². The quantitative estimate of drug-likeness (QED) is 0.723. The number of hydrogen-bond acceptors (Lipinski definition) is 5. The van der Waals surface area contributed by atoms with Gasteiger partial charge in [0.25, 0.3) is 0 Å². The molecule has 7 nitrogen and oxygen atoms in total. The van der Waals surface area contributed by atoms with Crippen LogP contribution in [0, 0.1) is 16.7 Å². The summed E-state index contributed by atoms with van der Waals surface area (Å²) in [7, 11) is 0. The van der Waals surface area contributed by atoms with Crippen LogP contribution >= 0.6 is 11.6 Å². The van der Waals surface area contributed by atoms with Crippen LogP contribution in [0.25, 0.3) is 0 Å². The van der Waals surface area contributed by atoms with Crippen molar-refractivity contribution in [3.8, 4) is 11.8 Å². The summed E-state index contributed by atoms with van der Waals surface area (Å²) in [5, 5.41) is 9.65. The Hall–Kier alpha value is -2.98. The van der Waals surface area contributed by atoms with Crippen molar-refractivity contribution < 1.29 is 9.53 Å². The number of carbonyl (C=O) groups is 1. The Bertz CT molecular complexity index is 1020. The van der Waals surface area contributed by atoms with Gasteiger partial charge in [-0.2, -0.15) is 5.26 Å². The van der Waals surface area contributed by atoms with E-state index in [1.165, 1.54) is 0 Å². The molecule has 0 saturated carbocycles. The molecule has 5 rings (SSSR count). The van der Waals surface area contributed by atoms with Crippen molar-refractivity contribution in [3.05, 3.63) is 47.1 Å². The van der Waals surface area contributed by atoms with E-state index in [9.17, 15) is 4.79 Å². The number of urea groups is 1. The zero-order valence-corrected chi connectivity index (χ0v) is 16.8. The Morgan fingerprint density at radius 1 is 1.28 bits per heavy atom. The first kappa shape index (κ1) is 18.1. The van der Waals surface area contributed by atoms with Crippen LogP contribution in [-0.4, -0.2) is 54.7 Å². The zero-order chi connectivity index (χ0) is 20.2. The van der Waals surface area contributed by atoms with Crippen molar-refractivity contribution in [2.45, 2.75) is 13.0 Å². The number of hydrogen-bond donors (Lipinski definition) is 0. The van der Waals surface area contributed by atoms with E-state index in [1.54, 1.807) is 24.4 Å². The molecule has 0 radical (unpaired) electrons. The predicted octanol–water partition coefficient (Wildman–Crippen LogP) is 3.14. The summed E-state index contributed by atoms with van der Waals surface area (Å²) < 4.78 is 5.75. The number of halogens is 1. The monoisotopic (exact) mass is 409 g/mol. The van der Waals surface area contributed by atoms with Crippen molar-refractivity contribution in [1.82, 2.24) is 9.88 Å². The average molecular weight is 410 g/mol. The first-order valence-corrected chi connectivity index (χ1v) is 9.97. The summed E-state index contributed by atoms with van der Waals surface area (Å²) >= 11 is 6.07. The SMILES string of the molecule is CC1COc2cc(Cl)ccc2N1C(=O)N1CC2(C1)CN(c1cc(C#N)ccn1)C2. The number of fused-ring (bicyclic) bond motifs is 1. The van der Waals surface area contributed by atoms with Crippen LogP contribution < -0.4 is 14.5 Å². The molecule has 8 heteroatoms. The van der Waals surface area contributed by atoms with E-state index in [0.717, 1.165) is 37.7 Å². The van der Waals surface area contributed by atoms with Crippen LogP contribution in [0.5, 0.6) is 5.75 Å². The molecule has 1 atom stereocenters. The van der Waals surface area contributed by atoms with Crippen molar-refractivity contribution in [2.75, 3.05) is 42.6 Å². The molecule has 3 aliphatic rings. The van der Waals surface area contributed by atoms with Gasteiger partial charge in [-0.3, -0.25) is 4.90 Å². The fourth-order valence-corrected chi connectivity index (χ4v) is 4.62. The molecule has 1 aromatic carbocycles. The molecule has 29 heavy (non-hydrogen) atoms. The van der Waals surface area contributed by atoms with Crippen molar-refractivity contribution in [3.63, 3.8) is 0 Å². The molecule has 1 spiro atoms. The third-order valence-electron chi connectivity index (χ3n) is 5.88. The zero-order valence-electron chi connectivity index (χ0n) is 16.0. The topological polar surface area (TPSA) is 72.7 Å². The van der Waals surface area contributed by atoms with Gasteiger partial charge in [0.2, 0.25) is 0 Å². The summed E-state index contributed by atoms with van der Waals surface area (Å²) in [6.07, 6.45) is 1.67. The molecule has 2 fully saturated rings. The summed E-state index contributed by atoms with van der Waals surface area (Å²) in [5.74, 6) is 1.48. The van der Waals surface area contributed by atoms with Crippen molar-refractivity contribution in [1.29, 1.82) is 5.26 Å². The average Bonchev–Trinajstić information content (AvgIpc) is 2.66. The first-order chi connectivity index (χ1) is 14.0. The lowest BCUT2D eigenvalue weighted by Gasteiger charge is -2.61. The van der Waals surface area contributed by atoms with E-state index in [-0.39, 0.29) is 17.5 Å². The Morgan fingerprint density at radius 2 is 2.07 bits per heavy atom. The van der Waals surface area contributed by atoms with Gasteiger partial charge in [0.05, 0.1) is 23.4 Å². The van der Waals surface area contributed by atoms with Gasteiger partial charge in [0.1, 0.15) is 18.2 Å². The van der Waals surface area contributed by atoms with Crippen LogP contribution in [0.2, 0.25) is 5.02 Å². The highest BCUT2D eigenvalue weighted by molar-refractivity contribution is 6.30. The first-order valence-electron chi connectivity index (χ1n) is 9.60. The van der Waals surface area contributed by atoms with E-state index in [0.29, 0.717) is 22.9 Å². The molecule has 1 aromatic heterocycles. The Kier molecular flexibility index (Phi) is 4.07. The largest absolute Gasteiger partial charge is 0.489 e. The standard InChI is InChI=1S/C21H20ClN5O2/c1-14-9-29-18-7-16(22)2-3-17(18)27(14)20(28)26-12-21(13-26)10-25(11-21)19-6-15(8-23)4-5-24-19/h2-7,14H,9-13H2,1H3. The van der Waals surface area contributed by atoms with Gasteiger partial charge in [-0.1, -0.05) is 11.6 Å². The fraction of sp³-hybridized carbons (Fsp3) is 0.381. The second-order valence-corrected chi connectivity index (χ2v) is 8.59. The maximum atomic E-state index is 13.2. The van der Waals surface area contributed by atoms with E-state index >= 15 is 0 Å². The van der Waals surface area contributed by atoms with Crippen LogP contribution in [0.3, 0.4) is 0 Å². The minimum absolute atomic E-state index is 0.0121. The number of anilines is 2. The minimum Gasteiger partial charge on any atom is -0.489 e. The lowest BCUT2D eigenvalue weighted by atomic mass is 9.73. The second-order valence-electron chi connectivity index (χ2n) is 8.15. The number of aromatic nitrogens is 1. The Balaban J connectivity index is 1.25. The normalized spacial score (nSPS) is 21.6. The fourth-order valence-electron chi connectivity index (χ4n) is 4.45. The molecule has 0 N–H and O–H groups in total. The van der Waals surface area contributed by atoms with Crippen LogP contribution in [0.15, 0.2) is 36.5 Å². The Morgan fingerprint density at radius 3 is 2.83 bits per heavy atom. The highest BCUT2D eigenvalue weighted by atomic mass is 35.5. The number of ether oxygens (including phenoxy) is 1. The molecule has 4 heterocycles. The summed E-state index contributed by atoms with van der Waals surface area (Å²) in [6, 6.07) is 11.0. The third-order valence-corrected chi connectivity index (χ3v) is 6.12. The molecular formula is C21H20ClN5O2. The second kappa shape index (κ2) is 6.53. The molecule has 1 unspecified atom stereocenters. The number of nitriles is 1. The summed E-state index contributed by atoms with van der Waals surface area (Å²) in [4.78, 5) is 23.4. The number of rotatable bonds is 1. The van der Waals surface area contributed by atoms with Gasteiger partial charge >= 0.3 is 6.03 Å². The molecule has 0 aliphatic carbocycles. The van der Waals surface area contributed by atoms with Crippen LogP contribution in [-0.2, 0) is 0 Å². The van der Waals surface area contributed by atoms with E-state index < -0.39 is 0 Å². The van der Waals surface area contributed by atoms with Gasteiger partial charge in [-0.05, 0) is 31.2 Å². The van der Waals surface area contributed by atoms with E-state index in [1.807, 2.05) is 28.9 Å². The molecule has 0 bridgehead atoms. The number of pyridine rings is 1. The molecule has 148 valence electrons. The summed E-state index contributed by atoms with van der Waals surface area (Å²) in [5.41, 5.74) is 1.51. The Labute approximate surface area is 174 Å². The summed E-state index contributed by atoms with van der Waals surface area (Å²) in [6.45, 7) is 5.60. The predicted molar refractivity (Wildman–Crippen MR) is 109 cm³/mol. The number of nitrogens with zero attached hydrogens (tertiary/aromatic N) is 5. The number of benzene rings is 1. The van der Waals surface area contributed by atoms with Gasteiger partial charge in [0, 0.05) is 48.9 Å². The molecule has 2 amide bonds. The van der Waals surface area contributed by atoms with Crippen LogP contribution in [0.1, 0.15) is 12.5 Å². The third kappa shape index (κ3) is 2.95. The molecule has 2 aromatic rings. The van der Waals surface area contributed by atoms with Gasteiger partial charge in [0.15, 0.2) is 0 Å². The van der Waals surface area contributed by atoms with Crippen molar-refractivity contribution >= 4 is 29.1 Å². The van der Waals surface area contributed by atoms with Crippen LogP contribution in [0.4, 0.5) is 16.3 Å². The number of carbonyl (C=O) groups excluding carboxylic acids is 1. The molecular weight excluding hydrogens is 390 g/mol.